The van der Waals surface area contributed by atoms with Crippen LogP contribution in [0.1, 0.15) is 31.4 Å². The minimum absolute atomic E-state index is 0.389. The first kappa shape index (κ1) is 17.7. The topological polar surface area (TPSA) is 59.3 Å². The number of likely N-dealkylation sites (tertiary alicyclic amines) is 1. The third-order valence-electron chi connectivity index (χ3n) is 5.01. The number of aromatic nitrogens is 4. The lowest BCUT2D eigenvalue weighted by atomic mass is 9.85. The van der Waals surface area contributed by atoms with E-state index < -0.39 is 0 Å². The Hall–Kier alpha value is -2.15. The maximum atomic E-state index is 5.23. The molecule has 3 heterocycles. The van der Waals surface area contributed by atoms with Gasteiger partial charge in [0, 0.05) is 50.7 Å². The van der Waals surface area contributed by atoms with Crippen molar-refractivity contribution in [2.75, 3.05) is 38.7 Å². The standard InChI is InChI=1S/C18H28N6O/c1-5-24-10-6-7-14(17(24)15-11-20-23(3)13-15)12-22(2)18-19-9-8-16(21-18)25-4/h8-9,11,13-14,17H,5-7,10,12H2,1-4H3/t14-,17+/m0/s1. The Morgan fingerprint density at radius 2 is 2.24 bits per heavy atom. The molecule has 0 spiro atoms. The number of hydrogen-bond acceptors (Lipinski definition) is 6. The van der Waals surface area contributed by atoms with E-state index in [4.69, 9.17) is 4.74 Å². The van der Waals surface area contributed by atoms with E-state index >= 15 is 0 Å². The molecular weight excluding hydrogens is 316 g/mol. The second-order valence-electron chi connectivity index (χ2n) is 6.70. The second kappa shape index (κ2) is 7.82. The van der Waals surface area contributed by atoms with E-state index in [1.165, 1.54) is 18.4 Å². The number of ether oxygens (including phenoxy) is 1. The van der Waals surface area contributed by atoms with Crippen LogP contribution in [0.3, 0.4) is 0 Å². The van der Waals surface area contributed by atoms with Gasteiger partial charge in [-0.1, -0.05) is 6.92 Å². The van der Waals surface area contributed by atoms with Crippen LogP contribution in [0.15, 0.2) is 24.7 Å². The Morgan fingerprint density at radius 3 is 2.92 bits per heavy atom. The lowest BCUT2D eigenvalue weighted by molar-refractivity contribution is 0.101. The van der Waals surface area contributed by atoms with Crippen LogP contribution in [0.5, 0.6) is 5.88 Å². The predicted molar refractivity (Wildman–Crippen MR) is 97.8 cm³/mol. The average Bonchev–Trinajstić information content (AvgIpc) is 3.07. The maximum absolute atomic E-state index is 5.23. The van der Waals surface area contributed by atoms with E-state index in [0.717, 1.165) is 19.6 Å². The molecule has 1 aliphatic rings. The number of anilines is 1. The summed E-state index contributed by atoms with van der Waals surface area (Å²) in [7, 11) is 5.67. The summed E-state index contributed by atoms with van der Waals surface area (Å²) >= 11 is 0. The lowest BCUT2D eigenvalue weighted by Crippen LogP contribution is -2.43. The normalized spacial score (nSPS) is 21.3. The van der Waals surface area contributed by atoms with Gasteiger partial charge in [-0.15, -0.1) is 0 Å². The molecule has 7 heteroatoms. The summed E-state index contributed by atoms with van der Waals surface area (Å²) in [5.41, 5.74) is 1.30. The summed E-state index contributed by atoms with van der Waals surface area (Å²) < 4.78 is 7.12. The van der Waals surface area contributed by atoms with E-state index in [1.807, 2.05) is 17.9 Å². The third-order valence-corrected chi connectivity index (χ3v) is 5.01. The molecule has 2 atom stereocenters. The van der Waals surface area contributed by atoms with Gasteiger partial charge in [-0.25, -0.2) is 4.98 Å². The van der Waals surface area contributed by atoms with Crippen LogP contribution in [-0.2, 0) is 7.05 Å². The molecule has 0 aromatic carbocycles. The Bertz CT molecular complexity index is 688. The van der Waals surface area contributed by atoms with E-state index in [1.54, 1.807) is 19.4 Å². The minimum atomic E-state index is 0.389. The molecule has 1 aliphatic heterocycles. The van der Waals surface area contributed by atoms with Crippen LogP contribution in [0.4, 0.5) is 5.95 Å². The van der Waals surface area contributed by atoms with Crippen molar-refractivity contribution in [3.8, 4) is 5.88 Å². The molecule has 0 aliphatic carbocycles. The highest BCUT2D eigenvalue weighted by Crippen LogP contribution is 2.36. The molecule has 0 saturated carbocycles. The van der Waals surface area contributed by atoms with Gasteiger partial charge in [0.2, 0.25) is 11.8 Å². The number of aryl methyl sites for hydroxylation is 1. The first-order valence-electron chi connectivity index (χ1n) is 8.93. The van der Waals surface area contributed by atoms with Gasteiger partial charge in [0.15, 0.2) is 0 Å². The minimum Gasteiger partial charge on any atom is -0.481 e. The van der Waals surface area contributed by atoms with E-state index in [2.05, 4.69) is 45.0 Å². The average molecular weight is 344 g/mol. The molecule has 0 amide bonds. The monoisotopic (exact) mass is 344 g/mol. The first-order chi connectivity index (χ1) is 12.1. The molecule has 7 nitrogen and oxygen atoms in total. The van der Waals surface area contributed by atoms with Crippen molar-refractivity contribution < 1.29 is 4.74 Å². The van der Waals surface area contributed by atoms with Gasteiger partial charge in [-0.05, 0) is 31.8 Å². The van der Waals surface area contributed by atoms with E-state index in [0.29, 0.717) is 23.8 Å². The molecule has 0 N–H and O–H groups in total. The number of nitrogens with zero attached hydrogens (tertiary/aromatic N) is 6. The molecule has 1 fully saturated rings. The molecule has 0 radical (unpaired) electrons. The predicted octanol–water partition coefficient (Wildman–Crippen LogP) is 2.13. The first-order valence-corrected chi connectivity index (χ1v) is 8.93. The van der Waals surface area contributed by atoms with Crippen molar-refractivity contribution in [2.24, 2.45) is 13.0 Å². The lowest BCUT2D eigenvalue weighted by Gasteiger charge is -2.42. The van der Waals surface area contributed by atoms with Gasteiger partial charge in [0.25, 0.3) is 0 Å². The fraction of sp³-hybridized carbons (Fsp3) is 0.611. The van der Waals surface area contributed by atoms with Crippen LogP contribution < -0.4 is 9.64 Å². The molecule has 136 valence electrons. The summed E-state index contributed by atoms with van der Waals surface area (Å²) in [6, 6.07) is 2.16. The number of piperidine rings is 1. The largest absolute Gasteiger partial charge is 0.481 e. The smallest absolute Gasteiger partial charge is 0.228 e. The highest BCUT2D eigenvalue weighted by Gasteiger charge is 2.33. The van der Waals surface area contributed by atoms with Crippen LogP contribution >= 0.6 is 0 Å². The zero-order chi connectivity index (χ0) is 17.8. The van der Waals surface area contributed by atoms with Crippen molar-refractivity contribution in [1.82, 2.24) is 24.6 Å². The summed E-state index contributed by atoms with van der Waals surface area (Å²) in [6.45, 7) is 5.34. The van der Waals surface area contributed by atoms with Crippen LogP contribution in [0.2, 0.25) is 0 Å². The molecule has 25 heavy (non-hydrogen) atoms. The molecule has 3 rings (SSSR count). The summed E-state index contributed by atoms with van der Waals surface area (Å²) in [5, 5.41) is 4.39. The number of methoxy groups -OCH3 is 1. The SMILES string of the molecule is CCN1CCC[C@@H](CN(C)c2nccc(OC)n2)[C@@H]1c1cnn(C)c1. The molecule has 0 unspecified atom stereocenters. The Morgan fingerprint density at radius 1 is 1.40 bits per heavy atom. The Kier molecular flexibility index (Phi) is 5.53. The van der Waals surface area contributed by atoms with Gasteiger partial charge in [0.1, 0.15) is 0 Å². The number of hydrogen-bond donors (Lipinski definition) is 0. The zero-order valence-corrected chi connectivity index (χ0v) is 15.6. The number of rotatable bonds is 6. The van der Waals surface area contributed by atoms with Gasteiger partial charge in [-0.3, -0.25) is 9.58 Å². The van der Waals surface area contributed by atoms with Gasteiger partial charge < -0.3 is 9.64 Å². The second-order valence-corrected chi connectivity index (χ2v) is 6.70. The highest BCUT2D eigenvalue weighted by atomic mass is 16.5. The molecule has 0 bridgehead atoms. The third kappa shape index (κ3) is 3.92. The van der Waals surface area contributed by atoms with Gasteiger partial charge in [-0.2, -0.15) is 10.1 Å². The van der Waals surface area contributed by atoms with Crippen LogP contribution in [0.25, 0.3) is 0 Å². The quantitative estimate of drug-likeness (QED) is 0.800. The summed E-state index contributed by atoms with van der Waals surface area (Å²) in [4.78, 5) is 13.6. The highest BCUT2D eigenvalue weighted by molar-refractivity contribution is 5.31. The maximum Gasteiger partial charge on any atom is 0.228 e. The van der Waals surface area contributed by atoms with E-state index in [9.17, 15) is 0 Å². The Balaban J connectivity index is 1.80. The van der Waals surface area contributed by atoms with Crippen molar-refractivity contribution in [2.45, 2.75) is 25.8 Å². The fourth-order valence-corrected chi connectivity index (χ4v) is 3.84. The molecule has 2 aromatic heterocycles. The van der Waals surface area contributed by atoms with Crippen molar-refractivity contribution >= 4 is 5.95 Å². The van der Waals surface area contributed by atoms with Crippen molar-refractivity contribution in [3.05, 3.63) is 30.2 Å². The Labute approximate surface area is 149 Å². The van der Waals surface area contributed by atoms with Crippen molar-refractivity contribution in [3.63, 3.8) is 0 Å². The summed E-state index contributed by atoms with van der Waals surface area (Å²) in [5.74, 6) is 1.81. The van der Waals surface area contributed by atoms with Crippen LogP contribution in [-0.4, -0.2) is 58.4 Å². The fourth-order valence-electron chi connectivity index (χ4n) is 3.84. The molecule has 1 saturated heterocycles. The zero-order valence-electron chi connectivity index (χ0n) is 15.6. The molecular formula is C18H28N6O. The summed E-state index contributed by atoms with van der Waals surface area (Å²) in [6.07, 6.45) is 8.32. The van der Waals surface area contributed by atoms with Gasteiger partial charge >= 0.3 is 0 Å². The molecule has 2 aromatic rings. The van der Waals surface area contributed by atoms with Gasteiger partial charge in [0.05, 0.1) is 13.3 Å². The van der Waals surface area contributed by atoms with E-state index in [-0.39, 0.29) is 0 Å². The van der Waals surface area contributed by atoms with Crippen LogP contribution in [0, 0.1) is 5.92 Å². The van der Waals surface area contributed by atoms with Crippen molar-refractivity contribution in [1.29, 1.82) is 0 Å².